The molecular weight excluding hydrogens is 338 g/mol. The first-order valence-corrected chi connectivity index (χ1v) is 7.19. The molecule has 4 heteroatoms. The SMILES string of the molecule is CCOCCOC(CI)c1ccc(Cl)cc1. The maximum atomic E-state index is 5.84. The molecule has 0 bridgehead atoms. The molecule has 0 aliphatic carbocycles. The van der Waals surface area contributed by atoms with Gasteiger partial charge >= 0.3 is 0 Å². The lowest BCUT2D eigenvalue weighted by molar-refractivity contribution is 0.0178. The number of rotatable bonds is 7. The van der Waals surface area contributed by atoms with Gasteiger partial charge in [-0.1, -0.05) is 46.3 Å². The van der Waals surface area contributed by atoms with Crippen LogP contribution in [0, 0.1) is 0 Å². The molecular formula is C12H16ClIO2. The Morgan fingerprint density at radius 2 is 1.94 bits per heavy atom. The molecule has 16 heavy (non-hydrogen) atoms. The van der Waals surface area contributed by atoms with Gasteiger partial charge in [0.1, 0.15) is 0 Å². The smallest absolute Gasteiger partial charge is 0.0915 e. The van der Waals surface area contributed by atoms with Gasteiger partial charge in [-0.05, 0) is 24.6 Å². The predicted molar refractivity (Wildman–Crippen MR) is 75.5 cm³/mol. The summed E-state index contributed by atoms with van der Waals surface area (Å²) >= 11 is 8.17. The summed E-state index contributed by atoms with van der Waals surface area (Å²) in [7, 11) is 0. The molecule has 1 unspecified atom stereocenters. The minimum absolute atomic E-state index is 0.123. The van der Waals surface area contributed by atoms with Crippen molar-refractivity contribution in [2.24, 2.45) is 0 Å². The third-order valence-corrected chi connectivity index (χ3v) is 3.18. The Balaban J connectivity index is 2.44. The van der Waals surface area contributed by atoms with Crippen molar-refractivity contribution in [1.29, 1.82) is 0 Å². The highest BCUT2D eigenvalue weighted by molar-refractivity contribution is 14.1. The van der Waals surface area contributed by atoms with Gasteiger partial charge in [0, 0.05) is 16.1 Å². The van der Waals surface area contributed by atoms with Crippen LogP contribution in [-0.4, -0.2) is 24.2 Å². The van der Waals surface area contributed by atoms with E-state index in [1.165, 1.54) is 0 Å². The summed E-state index contributed by atoms with van der Waals surface area (Å²) in [5.41, 5.74) is 1.16. The van der Waals surface area contributed by atoms with Crippen LogP contribution in [0.2, 0.25) is 5.02 Å². The molecule has 0 fully saturated rings. The highest BCUT2D eigenvalue weighted by Crippen LogP contribution is 2.21. The molecule has 0 aromatic heterocycles. The summed E-state index contributed by atoms with van der Waals surface area (Å²) in [5, 5.41) is 0.755. The fourth-order valence-electron chi connectivity index (χ4n) is 1.30. The van der Waals surface area contributed by atoms with E-state index in [0.717, 1.165) is 21.6 Å². The average molecular weight is 355 g/mol. The molecule has 0 aliphatic rings. The predicted octanol–water partition coefficient (Wildman–Crippen LogP) is 3.87. The van der Waals surface area contributed by atoms with Gasteiger partial charge in [0.25, 0.3) is 0 Å². The van der Waals surface area contributed by atoms with Crippen LogP contribution in [0.4, 0.5) is 0 Å². The Kier molecular flexibility index (Phi) is 7.36. The van der Waals surface area contributed by atoms with Crippen molar-refractivity contribution in [3.8, 4) is 0 Å². The molecule has 1 atom stereocenters. The lowest BCUT2D eigenvalue weighted by Crippen LogP contribution is -2.10. The molecule has 1 rings (SSSR count). The van der Waals surface area contributed by atoms with Crippen LogP contribution in [0.25, 0.3) is 0 Å². The minimum Gasteiger partial charge on any atom is -0.379 e. The molecule has 0 saturated carbocycles. The molecule has 0 radical (unpaired) electrons. The van der Waals surface area contributed by atoms with Gasteiger partial charge in [-0.3, -0.25) is 0 Å². The molecule has 1 aromatic rings. The average Bonchev–Trinajstić information content (AvgIpc) is 2.31. The monoisotopic (exact) mass is 354 g/mol. The Morgan fingerprint density at radius 3 is 2.50 bits per heavy atom. The van der Waals surface area contributed by atoms with Crippen LogP contribution >= 0.6 is 34.2 Å². The standard InChI is InChI=1S/C12H16ClIO2/c1-2-15-7-8-16-12(9-14)10-3-5-11(13)6-4-10/h3-6,12H,2,7-9H2,1H3. The molecule has 0 heterocycles. The highest BCUT2D eigenvalue weighted by atomic mass is 127. The third-order valence-electron chi connectivity index (χ3n) is 2.13. The quantitative estimate of drug-likeness (QED) is 0.420. The number of alkyl halides is 1. The second-order valence-electron chi connectivity index (χ2n) is 3.26. The van der Waals surface area contributed by atoms with E-state index < -0.39 is 0 Å². The minimum atomic E-state index is 0.123. The lowest BCUT2D eigenvalue weighted by Gasteiger charge is -2.15. The summed E-state index contributed by atoms with van der Waals surface area (Å²) < 4.78 is 11.9. The van der Waals surface area contributed by atoms with Gasteiger partial charge in [-0.2, -0.15) is 0 Å². The first kappa shape index (κ1) is 14.2. The van der Waals surface area contributed by atoms with E-state index in [1.807, 2.05) is 31.2 Å². The van der Waals surface area contributed by atoms with Crippen molar-refractivity contribution in [1.82, 2.24) is 0 Å². The van der Waals surface area contributed by atoms with E-state index in [9.17, 15) is 0 Å². The maximum absolute atomic E-state index is 5.84. The van der Waals surface area contributed by atoms with Crippen LogP contribution in [0.15, 0.2) is 24.3 Å². The first-order chi connectivity index (χ1) is 7.77. The van der Waals surface area contributed by atoms with Gasteiger partial charge < -0.3 is 9.47 Å². The Labute approximate surface area is 115 Å². The van der Waals surface area contributed by atoms with Crippen molar-refractivity contribution < 1.29 is 9.47 Å². The van der Waals surface area contributed by atoms with E-state index in [-0.39, 0.29) is 6.10 Å². The van der Waals surface area contributed by atoms with Crippen LogP contribution in [0.1, 0.15) is 18.6 Å². The van der Waals surface area contributed by atoms with Crippen LogP contribution in [0.5, 0.6) is 0 Å². The molecule has 1 aromatic carbocycles. The van der Waals surface area contributed by atoms with Crippen molar-refractivity contribution in [2.75, 3.05) is 24.2 Å². The first-order valence-electron chi connectivity index (χ1n) is 5.28. The Bertz CT molecular complexity index is 290. The van der Waals surface area contributed by atoms with Gasteiger partial charge in [-0.25, -0.2) is 0 Å². The van der Waals surface area contributed by atoms with Crippen LogP contribution in [0.3, 0.4) is 0 Å². The zero-order valence-electron chi connectivity index (χ0n) is 9.29. The van der Waals surface area contributed by atoms with E-state index in [0.29, 0.717) is 13.2 Å². The normalized spacial score (nSPS) is 12.7. The van der Waals surface area contributed by atoms with Crippen LogP contribution < -0.4 is 0 Å². The molecule has 2 nitrogen and oxygen atoms in total. The van der Waals surface area contributed by atoms with Gasteiger partial charge in [-0.15, -0.1) is 0 Å². The van der Waals surface area contributed by atoms with E-state index in [4.69, 9.17) is 21.1 Å². The number of hydrogen-bond donors (Lipinski definition) is 0. The van der Waals surface area contributed by atoms with Gasteiger partial charge in [0.2, 0.25) is 0 Å². The summed E-state index contributed by atoms with van der Waals surface area (Å²) in [4.78, 5) is 0. The highest BCUT2D eigenvalue weighted by Gasteiger charge is 2.09. The van der Waals surface area contributed by atoms with Crippen molar-refractivity contribution >= 4 is 34.2 Å². The number of benzene rings is 1. The van der Waals surface area contributed by atoms with Gasteiger partial charge in [0.05, 0.1) is 19.3 Å². The zero-order chi connectivity index (χ0) is 11.8. The van der Waals surface area contributed by atoms with E-state index >= 15 is 0 Å². The second-order valence-corrected chi connectivity index (χ2v) is 4.58. The number of ether oxygens (including phenoxy) is 2. The lowest BCUT2D eigenvalue weighted by atomic mass is 10.1. The number of hydrogen-bond acceptors (Lipinski definition) is 2. The topological polar surface area (TPSA) is 18.5 Å². The molecule has 0 aliphatic heterocycles. The van der Waals surface area contributed by atoms with E-state index in [2.05, 4.69) is 22.6 Å². The summed E-state index contributed by atoms with van der Waals surface area (Å²) in [6.45, 7) is 4.00. The molecule has 0 saturated heterocycles. The number of halogens is 2. The van der Waals surface area contributed by atoms with Crippen molar-refractivity contribution in [3.05, 3.63) is 34.9 Å². The van der Waals surface area contributed by atoms with Crippen molar-refractivity contribution in [3.63, 3.8) is 0 Å². The van der Waals surface area contributed by atoms with E-state index in [1.54, 1.807) is 0 Å². The van der Waals surface area contributed by atoms with Crippen LogP contribution in [-0.2, 0) is 9.47 Å². The zero-order valence-corrected chi connectivity index (χ0v) is 12.2. The summed E-state index contributed by atoms with van der Waals surface area (Å²) in [5.74, 6) is 0. The largest absolute Gasteiger partial charge is 0.379 e. The molecule has 90 valence electrons. The molecule has 0 N–H and O–H groups in total. The molecule has 0 amide bonds. The van der Waals surface area contributed by atoms with Gasteiger partial charge in [0.15, 0.2) is 0 Å². The Morgan fingerprint density at radius 1 is 1.25 bits per heavy atom. The summed E-state index contributed by atoms with van der Waals surface area (Å²) in [6.07, 6.45) is 0.123. The van der Waals surface area contributed by atoms with Crippen molar-refractivity contribution in [2.45, 2.75) is 13.0 Å². The maximum Gasteiger partial charge on any atom is 0.0915 e. The molecule has 0 spiro atoms. The Hall–Kier alpha value is 0.160. The third kappa shape index (κ3) is 4.99. The fraction of sp³-hybridized carbons (Fsp3) is 0.500. The fourth-order valence-corrected chi connectivity index (χ4v) is 2.19. The summed E-state index contributed by atoms with van der Waals surface area (Å²) in [6, 6.07) is 7.79. The second kappa shape index (κ2) is 8.28.